The van der Waals surface area contributed by atoms with Crippen LogP contribution in [0, 0.1) is 5.82 Å². The van der Waals surface area contributed by atoms with Gasteiger partial charge in [0.05, 0.1) is 12.8 Å². The van der Waals surface area contributed by atoms with Crippen LogP contribution in [0.5, 0.6) is 5.75 Å². The summed E-state index contributed by atoms with van der Waals surface area (Å²) in [6, 6.07) is 13.2. The normalized spacial score (nSPS) is 17.8. The number of methoxy groups -OCH3 is 1. The molecule has 3 heterocycles. The molecule has 2 aliphatic rings. The lowest BCUT2D eigenvalue weighted by molar-refractivity contribution is -0.121. The fourth-order valence-electron chi connectivity index (χ4n) is 5.73. The monoisotopic (exact) mass is 507 g/mol. The van der Waals surface area contributed by atoms with Gasteiger partial charge in [-0.05, 0) is 67.7 Å². The maximum atomic E-state index is 13.5. The SMILES string of the molecule is COc1ccccc1N1CCN(CCNC(=O)CCN2CCC(c3c[nH]c4cc(F)ccc34)CC2)CC1. The van der Waals surface area contributed by atoms with Crippen LogP contribution in [-0.4, -0.2) is 86.7 Å². The molecule has 37 heavy (non-hydrogen) atoms. The van der Waals surface area contributed by atoms with Crippen molar-refractivity contribution in [3.63, 3.8) is 0 Å². The van der Waals surface area contributed by atoms with Crippen LogP contribution in [0.2, 0.25) is 0 Å². The molecule has 3 aromatic rings. The lowest BCUT2D eigenvalue weighted by Gasteiger charge is -2.36. The first-order valence-electron chi connectivity index (χ1n) is 13.5. The molecular formula is C29H38FN5O2. The van der Waals surface area contributed by atoms with Gasteiger partial charge < -0.3 is 24.8 Å². The smallest absolute Gasteiger partial charge is 0.221 e. The number of nitrogens with zero attached hydrogens (tertiary/aromatic N) is 3. The number of aromatic nitrogens is 1. The molecule has 0 bridgehead atoms. The minimum Gasteiger partial charge on any atom is -0.495 e. The zero-order chi connectivity index (χ0) is 25.6. The highest BCUT2D eigenvalue weighted by Gasteiger charge is 2.23. The molecule has 0 radical (unpaired) electrons. The Morgan fingerprint density at radius 1 is 1.03 bits per heavy atom. The van der Waals surface area contributed by atoms with Crippen LogP contribution in [0.3, 0.4) is 0 Å². The van der Waals surface area contributed by atoms with Crippen LogP contribution in [-0.2, 0) is 4.79 Å². The highest BCUT2D eigenvalue weighted by molar-refractivity contribution is 5.83. The molecule has 2 N–H and O–H groups in total. The fraction of sp³-hybridized carbons (Fsp3) is 0.483. The average Bonchev–Trinajstić information content (AvgIpc) is 3.35. The number of amides is 1. The Kier molecular flexibility index (Phi) is 8.26. The molecule has 0 aliphatic carbocycles. The van der Waals surface area contributed by atoms with Gasteiger partial charge in [-0.15, -0.1) is 0 Å². The van der Waals surface area contributed by atoms with Crippen LogP contribution >= 0.6 is 0 Å². The second-order valence-electron chi connectivity index (χ2n) is 10.2. The van der Waals surface area contributed by atoms with Crippen molar-refractivity contribution in [2.24, 2.45) is 0 Å². The highest BCUT2D eigenvalue weighted by atomic mass is 19.1. The van der Waals surface area contributed by atoms with E-state index in [1.807, 2.05) is 24.4 Å². The van der Waals surface area contributed by atoms with Crippen LogP contribution in [0.25, 0.3) is 10.9 Å². The number of anilines is 1. The first-order chi connectivity index (χ1) is 18.1. The number of rotatable bonds is 9. The zero-order valence-electron chi connectivity index (χ0n) is 21.7. The van der Waals surface area contributed by atoms with Gasteiger partial charge >= 0.3 is 0 Å². The van der Waals surface area contributed by atoms with E-state index in [9.17, 15) is 9.18 Å². The van der Waals surface area contributed by atoms with Crippen LogP contribution in [0.4, 0.5) is 10.1 Å². The third kappa shape index (κ3) is 6.25. The van der Waals surface area contributed by atoms with E-state index in [0.717, 1.165) is 87.5 Å². The van der Waals surface area contributed by atoms with Gasteiger partial charge in [-0.2, -0.15) is 0 Å². The number of hydrogen-bond acceptors (Lipinski definition) is 5. The number of halogens is 1. The maximum Gasteiger partial charge on any atom is 0.221 e. The van der Waals surface area contributed by atoms with Crippen molar-refractivity contribution < 1.29 is 13.9 Å². The molecule has 1 amide bonds. The molecule has 2 aliphatic heterocycles. The molecule has 0 spiro atoms. The summed E-state index contributed by atoms with van der Waals surface area (Å²) in [5, 5.41) is 4.24. The largest absolute Gasteiger partial charge is 0.495 e. The van der Waals surface area contributed by atoms with Crippen molar-refractivity contribution in [1.29, 1.82) is 0 Å². The summed E-state index contributed by atoms with van der Waals surface area (Å²) in [6.45, 7) is 8.23. The Hall–Kier alpha value is -3.10. The average molecular weight is 508 g/mol. The number of benzene rings is 2. The quantitative estimate of drug-likeness (QED) is 0.461. The summed E-state index contributed by atoms with van der Waals surface area (Å²) in [5.74, 6) is 1.32. The van der Waals surface area contributed by atoms with E-state index < -0.39 is 0 Å². The molecule has 0 saturated carbocycles. The predicted octanol–water partition coefficient (Wildman–Crippen LogP) is 3.82. The third-order valence-corrected chi connectivity index (χ3v) is 7.91. The van der Waals surface area contributed by atoms with E-state index in [0.29, 0.717) is 18.9 Å². The van der Waals surface area contributed by atoms with Crippen molar-refractivity contribution in [3.8, 4) is 5.75 Å². The van der Waals surface area contributed by atoms with E-state index in [1.165, 1.54) is 11.6 Å². The van der Waals surface area contributed by atoms with Gasteiger partial charge in [0.15, 0.2) is 0 Å². The number of nitrogens with one attached hydrogen (secondary N) is 2. The van der Waals surface area contributed by atoms with Gasteiger partial charge in [-0.1, -0.05) is 12.1 Å². The number of para-hydroxylation sites is 2. The Balaban J connectivity index is 0.974. The zero-order valence-corrected chi connectivity index (χ0v) is 21.7. The van der Waals surface area contributed by atoms with E-state index in [4.69, 9.17) is 4.74 Å². The first kappa shape index (κ1) is 25.5. The number of carbonyl (C=O) groups is 1. The van der Waals surface area contributed by atoms with E-state index >= 15 is 0 Å². The van der Waals surface area contributed by atoms with Gasteiger partial charge in [-0.25, -0.2) is 4.39 Å². The van der Waals surface area contributed by atoms with Gasteiger partial charge in [0.25, 0.3) is 0 Å². The topological polar surface area (TPSA) is 63.8 Å². The Morgan fingerprint density at radius 2 is 1.78 bits per heavy atom. The number of carbonyl (C=O) groups excluding carboxylic acids is 1. The Bertz CT molecular complexity index is 1180. The molecule has 198 valence electrons. The standard InChI is InChI=1S/C29H38FN5O2/c1-37-28-5-3-2-4-27(28)35-18-16-34(17-19-35)15-11-31-29(36)10-14-33-12-8-22(9-13-33)25-21-32-26-20-23(30)6-7-24(25)26/h2-7,20-22,32H,8-19H2,1H3,(H,31,36). The van der Waals surface area contributed by atoms with Gasteiger partial charge in [-0.3, -0.25) is 9.69 Å². The summed E-state index contributed by atoms with van der Waals surface area (Å²) in [6.07, 6.45) is 4.70. The number of piperidine rings is 1. The summed E-state index contributed by atoms with van der Waals surface area (Å²) >= 11 is 0. The summed E-state index contributed by atoms with van der Waals surface area (Å²) in [5.41, 5.74) is 3.31. The fourth-order valence-corrected chi connectivity index (χ4v) is 5.73. The predicted molar refractivity (Wildman–Crippen MR) is 146 cm³/mol. The first-order valence-corrected chi connectivity index (χ1v) is 13.5. The van der Waals surface area contributed by atoms with Crippen LogP contribution < -0.4 is 15.0 Å². The number of piperazine rings is 1. The van der Waals surface area contributed by atoms with Gasteiger partial charge in [0, 0.05) is 69.3 Å². The van der Waals surface area contributed by atoms with E-state index in [2.05, 4.69) is 37.1 Å². The van der Waals surface area contributed by atoms with Crippen molar-refractivity contribution in [1.82, 2.24) is 20.1 Å². The highest BCUT2D eigenvalue weighted by Crippen LogP contribution is 2.33. The Labute approximate surface area is 218 Å². The Morgan fingerprint density at radius 3 is 2.57 bits per heavy atom. The minimum absolute atomic E-state index is 0.133. The lowest BCUT2D eigenvalue weighted by Crippen LogP contribution is -2.48. The molecule has 2 saturated heterocycles. The number of ether oxygens (including phenoxy) is 1. The van der Waals surface area contributed by atoms with Crippen molar-refractivity contribution in [2.45, 2.75) is 25.2 Å². The molecule has 7 nitrogen and oxygen atoms in total. The molecule has 2 fully saturated rings. The van der Waals surface area contributed by atoms with Crippen molar-refractivity contribution in [3.05, 3.63) is 60.0 Å². The molecule has 0 unspecified atom stereocenters. The third-order valence-electron chi connectivity index (χ3n) is 7.91. The van der Waals surface area contributed by atoms with E-state index in [-0.39, 0.29) is 11.7 Å². The maximum absolute atomic E-state index is 13.5. The summed E-state index contributed by atoms with van der Waals surface area (Å²) in [4.78, 5) is 22.8. The van der Waals surface area contributed by atoms with Crippen molar-refractivity contribution in [2.75, 3.05) is 70.9 Å². The van der Waals surface area contributed by atoms with Crippen molar-refractivity contribution >= 4 is 22.5 Å². The number of hydrogen-bond donors (Lipinski definition) is 2. The molecule has 8 heteroatoms. The minimum atomic E-state index is -0.208. The number of aromatic amines is 1. The lowest BCUT2D eigenvalue weighted by atomic mass is 9.89. The molecule has 0 atom stereocenters. The molecule has 1 aromatic heterocycles. The van der Waals surface area contributed by atoms with Gasteiger partial charge in [0.1, 0.15) is 11.6 Å². The second-order valence-corrected chi connectivity index (χ2v) is 10.2. The number of likely N-dealkylation sites (tertiary alicyclic amines) is 1. The van der Waals surface area contributed by atoms with Crippen LogP contribution in [0.15, 0.2) is 48.7 Å². The number of fused-ring (bicyclic) bond motifs is 1. The summed E-state index contributed by atoms with van der Waals surface area (Å²) in [7, 11) is 1.72. The molecule has 5 rings (SSSR count). The van der Waals surface area contributed by atoms with Gasteiger partial charge in [0.2, 0.25) is 5.91 Å². The number of H-pyrrole nitrogens is 1. The molecule has 2 aromatic carbocycles. The van der Waals surface area contributed by atoms with E-state index in [1.54, 1.807) is 13.2 Å². The summed E-state index contributed by atoms with van der Waals surface area (Å²) < 4.78 is 19.0. The van der Waals surface area contributed by atoms with Crippen LogP contribution in [0.1, 0.15) is 30.7 Å². The molecular weight excluding hydrogens is 469 g/mol. The second kappa shape index (κ2) is 12.0.